The van der Waals surface area contributed by atoms with Crippen LogP contribution in [0.1, 0.15) is 15.9 Å². The molecule has 0 fully saturated rings. The van der Waals surface area contributed by atoms with Gasteiger partial charge in [0.1, 0.15) is 11.5 Å². The predicted octanol–water partition coefficient (Wildman–Crippen LogP) is 5.88. The van der Waals surface area contributed by atoms with Gasteiger partial charge in [0.05, 0.1) is 42.2 Å². The summed E-state index contributed by atoms with van der Waals surface area (Å²) < 4.78 is 37.2. The maximum Gasteiger partial charge on any atom is 0.255 e. The number of rotatable bonds is 9. The molecule has 11 heteroatoms. The van der Waals surface area contributed by atoms with Crippen molar-refractivity contribution in [2.24, 2.45) is 0 Å². The second-order valence-corrected chi connectivity index (χ2v) is 9.79. The van der Waals surface area contributed by atoms with Crippen molar-refractivity contribution in [2.45, 2.75) is 6.92 Å². The molecule has 0 saturated carbocycles. The minimum atomic E-state index is -2.81. The van der Waals surface area contributed by atoms with Crippen LogP contribution in [0.25, 0.3) is 11.0 Å². The van der Waals surface area contributed by atoms with Crippen molar-refractivity contribution < 1.29 is 23.0 Å². The Bertz CT molecular complexity index is 1720. The van der Waals surface area contributed by atoms with Crippen LogP contribution >= 0.6 is 0 Å². The van der Waals surface area contributed by atoms with Crippen molar-refractivity contribution >= 4 is 56.9 Å². The summed E-state index contributed by atoms with van der Waals surface area (Å²) in [4.78, 5) is 22.2. The molecule has 1 aromatic heterocycles. The minimum absolute atomic E-state index is 0.0285. The van der Waals surface area contributed by atoms with Gasteiger partial charge >= 0.3 is 0 Å². The summed E-state index contributed by atoms with van der Waals surface area (Å²) in [6.07, 6.45) is 0. The number of hydrogen-bond donors (Lipinski definition) is 2. The molecule has 208 valence electrons. The molecule has 5 rings (SSSR count). The fourth-order valence-electron chi connectivity index (χ4n) is 4.13. The molecule has 0 spiro atoms. The van der Waals surface area contributed by atoms with Gasteiger partial charge in [-0.3, -0.25) is 13.3 Å². The van der Waals surface area contributed by atoms with E-state index in [1.807, 2.05) is 25.1 Å². The maximum absolute atomic E-state index is 12.8. The van der Waals surface area contributed by atoms with Crippen LogP contribution < -0.4 is 24.4 Å². The molecule has 0 bridgehead atoms. The van der Waals surface area contributed by atoms with E-state index in [9.17, 15) is 13.6 Å². The summed E-state index contributed by atoms with van der Waals surface area (Å²) in [5, 5.41) is 6.00. The van der Waals surface area contributed by atoms with Gasteiger partial charge in [-0.25, -0.2) is 9.97 Å². The van der Waals surface area contributed by atoms with Crippen molar-refractivity contribution in [1.82, 2.24) is 9.97 Å². The zero-order chi connectivity index (χ0) is 28.9. The van der Waals surface area contributed by atoms with Crippen LogP contribution in [0.4, 0.5) is 28.7 Å². The van der Waals surface area contributed by atoms with E-state index in [2.05, 4.69) is 20.6 Å². The Balaban J connectivity index is 1.56. The molecule has 2 N–H and O–H groups in total. The second kappa shape index (κ2) is 12.0. The molecular weight excluding hydrogens is 542 g/mol. The summed E-state index contributed by atoms with van der Waals surface area (Å²) in [5.41, 5.74) is 3.76. The number of methoxy groups -OCH3 is 2. The molecule has 0 aliphatic carbocycles. The van der Waals surface area contributed by atoms with E-state index in [0.717, 1.165) is 9.87 Å². The van der Waals surface area contributed by atoms with Gasteiger partial charge in [0, 0.05) is 35.1 Å². The monoisotopic (exact) mass is 568 g/mol. The molecule has 0 aliphatic heterocycles. The topological polar surface area (TPSA) is 129 Å². The molecule has 1 heterocycles. The largest absolute Gasteiger partial charge is 0.755 e. The second-order valence-electron chi connectivity index (χ2n) is 8.99. The number of benzene rings is 4. The fraction of sp³-hybridized carbons (Fsp3) is 0.100. The SMILES string of the molecule is COc1cc(Nc2nc3ccccc3nc2N(c2cccc(NC(=O)c3ccc(C)cc3)c2)S(=O)[O-])cc(OC)c1. The highest BCUT2D eigenvalue weighted by Gasteiger charge is 2.21. The van der Waals surface area contributed by atoms with Crippen molar-refractivity contribution in [3.8, 4) is 11.5 Å². The first-order chi connectivity index (χ1) is 19.8. The lowest BCUT2D eigenvalue weighted by atomic mass is 10.1. The van der Waals surface area contributed by atoms with Gasteiger partial charge in [0.15, 0.2) is 11.6 Å². The quantitative estimate of drug-likeness (QED) is 0.211. The number of nitrogens with zero attached hydrogens (tertiary/aromatic N) is 3. The number of anilines is 5. The molecule has 1 unspecified atom stereocenters. The molecule has 0 radical (unpaired) electrons. The van der Waals surface area contributed by atoms with Crippen molar-refractivity contribution in [3.05, 3.63) is 102 Å². The van der Waals surface area contributed by atoms with Gasteiger partial charge in [-0.2, -0.15) is 0 Å². The highest BCUT2D eigenvalue weighted by atomic mass is 32.2. The van der Waals surface area contributed by atoms with Gasteiger partial charge in [0.25, 0.3) is 5.91 Å². The Morgan fingerprint density at radius 1 is 0.829 bits per heavy atom. The molecule has 41 heavy (non-hydrogen) atoms. The normalized spacial score (nSPS) is 11.5. The number of fused-ring (bicyclic) bond motifs is 1. The molecular formula is C30H26N5O5S-. The first-order valence-electron chi connectivity index (χ1n) is 12.5. The maximum atomic E-state index is 12.8. The van der Waals surface area contributed by atoms with Gasteiger partial charge in [-0.05, 0) is 49.4 Å². The smallest absolute Gasteiger partial charge is 0.255 e. The van der Waals surface area contributed by atoms with E-state index >= 15 is 0 Å². The summed E-state index contributed by atoms with van der Waals surface area (Å²) >= 11 is -2.81. The fourth-order valence-corrected chi connectivity index (χ4v) is 4.68. The van der Waals surface area contributed by atoms with Crippen LogP contribution in [0.15, 0.2) is 91.0 Å². The number of aromatic nitrogens is 2. The van der Waals surface area contributed by atoms with Gasteiger partial charge in [-0.15, -0.1) is 0 Å². The molecule has 5 aromatic rings. The number of aryl methyl sites for hydroxylation is 1. The minimum Gasteiger partial charge on any atom is -0.755 e. The Hall–Kier alpha value is -5.00. The molecule has 4 aromatic carbocycles. The highest BCUT2D eigenvalue weighted by Crippen LogP contribution is 2.36. The van der Waals surface area contributed by atoms with Crippen LogP contribution in [0.5, 0.6) is 11.5 Å². The van der Waals surface area contributed by atoms with E-state index in [4.69, 9.17) is 9.47 Å². The lowest BCUT2D eigenvalue weighted by molar-refractivity contribution is 0.102. The summed E-state index contributed by atoms with van der Waals surface area (Å²) in [6, 6.07) is 25.9. The number of hydrogen-bond acceptors (Lipinski definition) is 8. The number of carbonyl (C=O) groups is 1. The number of amides is 1. The summed E-state index contributed by atoms with van der Waals surface area (Å²) in [5.74, 6) is 0.946. The molecule has 0 saturated heterocycles. The van der Waals surface area contributed by atoms with Crippen molar-refractivity contribution in [3.63, 3.8) is 0 Å². The number of carbonyl (C=O) groups excluding carboxylic acids is 1. The molecule has 0 aliphatic rings. The lowest BCUT2D eigenvalue weighted by Crippen LogP contribution is -2.22. The van der Waals surface area contributed by atoms with E-state index in [1.54, 1.807) is 72.8 Å². The van der Waals surface area contributed by atoms with Crippen LogP contribution in [0.3, 0.4) is 0 Å². The number of nitrogens with one attached hydrogen (secondary N) is 2. The van der Waals surface area contributed by atoms with Crippen LogP contribution in [-0.4, -0.2) is 38.9 Å². The average molecular weight is 569 g/mol. The third-order valence-electron chi connectivity index (χ3n) is 6.16. The summed E-state index contributed by atoms with van der Waals surface area (Å²) in [6.45, 7) is 1.94. The third kappa shape index (κ3) is 6.26. The average Bonchev–Trinajstić information content (AvgIpc) is 2.97. The predicted molar refractivity (Wildman–Crippen MR) is 159 cm³/mol. The third-order valence-corrected chi connectivity index (χ3v) is 6.84. The lowest BCUT2D eigenvalue weighted by Gasteiger charge is -2.27. The van der Waals surface area contributed by atoms with E-state index in [0.29, 0.717) is 39.5 Å². The van der Waals surface area contributed by atoms with Crippen LogP contribution in [0, 0.1) is 6.92 Å². The summed E-state index contributed by atoms with van der Waals surface area (Å²) in [7, 11) is 3.07. The molecule has 1 atom stereocenters. The van der Waals surface area contributed by atoms with Gasteiger partial charge < -0.3 is 24.7 Å². The van der Waals surface area contributed by atoms with Crippen LogP contribution in [-0.2, 0) is 11.3 Å². The van der Waals surface area contributed by atoms with E-state index in [1.165, 1.54) is 14.2 Å². The van der Waals surface area contributed by atoms with Gasteiger partial charge in [-0.1, -0.05) is 35.9 Å². The number of para-hydroxylation sites is 2. The van der Waals surface area contributed by atoms with Gasteiger partial charge in [0.2, 0.25) is 0 Å². The van der Waals surface area contributed by atoms with Crippen LogP contribution in [0.2, 0.25) is 0 Å². The molecule has 10 nitrogen and oxygen atoms in total. The first-order valence-corrected chi connectivity index (χ1v) is 13.5. The van der Waals surface area contributed by atoms with Crippen molar-refractivity contribution in [2.75, 3.05) is 29.2 Å². The van der Waals surface area contributed by atoms with E-state index < -0.39 is 11.3 Å². The Morgan fingerprint density at radius 2 is 1.49 bits per heavy atom. The molecule has 1 amide bonds. The Morgan fingerprint density at radius 3 is 2.12 bits per heavy atom. The first kappa shape index (κ1) is 27.6. The zero-order valence-corrected chi connectivity index (χ0v) is 23.3. The van der Waals surface area contributed by atoms with E-state index in [-0.39, 0.29) is 23.2 Å². The van der Waals surface area contributed by atoms with Crippen molar-refractivity contribution in [1.29, 1.82) is 0 Å². The number of ether oxygens (including phenoxy) is 2. The Labute approximate surface area is 239 Å². The standard InChI is InChI=1S/C30H27N5O5S/c1-19-11-13-20(14-12-19)30(36)32-21-7-6-8-23(15-21)35(41(37)38)29-28(33-26-9-4-5-10-27(26)34-29)31-22-16-24(39-2)18-25(17-22)40-3/h4-18H,1-3H3,(H,31,33)(H,32,36)(H,37,38)/p-1. The highest BCUT2D eigenvalue weighted by molar-refractivity contribution is 7.81. The zero-order valence-electron chi connectivity index (χ0n) is 22.5. The Kier molecular flexibility index (Phi) is 8.09.